The molecule has 0 aromatic heterocycles. The minimum absolute atomic E-state index is 0.0235. The number of hydrogen-bond acceptors (Lipinski definition) is 16. The van der Waals surface area contributed by atoms with Gasteiger partial charge in [0.25, 0.3) is 0 Å². The molecule has 26 nitrogen and oxygen atoms in total. The molecule has 0 aromatic carbocycles. The predicted octanol–water partition coefficient (Wildman–Crippen LogP) is 3.51. The summed E-state index contributed by atoms with van der Waals surface area (Å²) in [6, 6.07) is -14.4. The zero-order chi connectivity index (χ0) is 76.0. The van der Waals surface area contributed by atoms with Crippen molar-refractivity contribution in [2.75, 3.05) is 100 Å². The van der Waals surface area contributed by atoms with Gasteiger partial charge in [-0.3, -0.25) is 57.6 Å². The number of likely N-dealkylation sites (N-methyl/N-ethyl adjacent to an activating group) is 7. The van der Waals surface area contributed by atoms with Crippen molar-refractivity contribution in [3.63, 3.8) is 0 Å². The Morgan fingerprint density at radius 2 is 0.929 bits per heavy atom. The fourth-order valence-electron chi connectivity index (χ4n) is 12.9. The van der Waals surface area contributed by atoms with Gasteiger partial charge < -0.3 is 70.7 Å². The molecule has 27 heteroatoms. The molecule has 2 aliphatic heterocycles. The molecule has 2 saturated heterocycles. The number of nitrogens with zero attached hydrogens (tertiary/aromatic N) is 9. The van der Waals surface area contributed by atoms with E-state index in [1.165, 1.54) is 113 Å². The molecule has 0 aromatic rings. The zero-order valence-corrected chi connectivity index (χ0v) is 65.8. The third-order valence-electron chi connectivity index (χ3n) is 19.2. The molecule has 2 heterocycles. The smallest absolute Gasteiger partial charge is 0.246 e. The van der Waals surface area contributed by atoms with Crippen LogP contribution in [0.1, 0.15) is 170 Å². The van der Waals surface area contributed by atoms with Gasteiger partial charge in [-0.25, -0.2) is 0 Å². The molecule has 13 atom stereocenters. The van der Waals surface area contributed by atoms with Crippen LogP contribution >= 0.6 is 11.8 Å². The van der Waals surface area contributed by atoms with Gasteiger partial charge in [0.15, 0.2) is 0 Å². The lowest BCUT2D eigenvalue weighted by atomic mass is 9.91. The van der Waals surface area contributed by atoms with E-state index >= 15 is 33.6 Å². The van der Waals surface area contributed by atoms with Gasteiger partial charge in [0.1, 0.15) is 66.5 Å². The average molecular weight is 1420 g/mol. The Morgan fingerprint density at radius 3 is 1.40 bits per heavy atom. The van der Waals surface area contributed by atoms with Gasteiger partial charge in [-0.15, -0.1) is 0 Å². The molecule has 6 N–H and O–H groups in total. The first-order chi connectivity index (χ1) is 45.9. The summed E-state index contributed by atoms with van der Waals surface area (Å²) in [5.74, 6) is -9.63. The normalized spacial score (nSPS) is 27.0. The Hall–Kier alpha value is -5.90. The Kier molecular flexibility index (Phi) is 37.2. The summed E-state index contributed by atoms with van der Waals surface area (Å²) in [5, 5.41) is 35.0. The molecular formula is C72H131N13O13S. The van der Waals surface area contributed by atoms with Crippen LogP contribution in [-0.4, -0.2) is 298 Å². The van der Waals surface area contributed by atoms with Crippen LogP contribution in [0.25, 0.3) is 0 Å². The van der Waals surface area contributed by atoms with E-state index in [1.54, 1.807) is 54.5 Å². The predicted molar refractivity (Wildman–Crippen MR) is 389 cm³/mol. The van der Waals surface area contributed by atoms with Crippen molar-refractivity contribution in [2.45, 2.75) is 248 Å². The first kappa shape index (κ1) is 89.2. The largest absolute Gasteiger partial charge is 0.390 e. The molecule has 0 spiro atoms. The monoisotopic (exact) mass is 1420 g/mol. The Morgan fingerprint density at radius 1 is 0.495 bits per heavy atom. The molecule has 2 rings (SSSR count). The molecule has 0 radical (unpaired) electrons. The molecule has 99 heavy (non-hydrogen) atoms. The lowest BCUT2D eigenvalue weighted by Gasteiger charge is -2.41. The van der Waals surface area contributed by atoms with Crippen molar-refractivity contribution < 1.29 is 63.0 Å². The Balaban J connectivity index is 3.12. The van der Waals surface area contributed by atoms with Crippen LogP contribution in [0.5, 0.6) is 0 Å². The molecule has 0 aliphatic carbocycles. The highest BCUT2D eigenvalue weighted by atomic mass is 32.2. The van der Waals surface area contributed by atoms with Gasteiger partial charge >= 0.3 is 0 Å². The van der Waals surface area contributed by atoms with Crippen LogP contribution in [0.2, 0.25) is 0 Å². The first-order valence-electron chi connectivity index (χ1n) is 36.0. The number of amides is 11. The summed E-state index contributed by atoms with van der Waals surface area (Å²) in [5.41, 5.74) is -1.59. The fourth-order valence-corrected chi connectivity index (χ4v) is 14.1. The van der Waals surface area contributed by atoms with Crippen LogP contribution in [0.3, 0.4) is 0 Å². The molecule has 11 amide bonds. The molecule has 0 unspecified atom stereocenters. The van der Waals surface area contributed by atoms with E-state index < -0.39 is 161 Å². The summed E-state index contributed by atoms with van der Waals surface area (Å²) < 4.78 is 0. The minimum atomic E-state index is -1.66. The van der Waals surface area contributed by atoms with E-state index in [9.17, 15) is 29.4 Å². The van der Waals surface area contributed by atoms with Gasteiger partial charge in [0.05, 0.1) is 11.7 Å². The van der Waals surface area contributed by atoms with Crippen LogP contribution in [0.15, 0.2) is 12.2 Å². The van der Waals surface area contributed by atoms with E-state index in [4.69, 9.17) is 0 Å². The van der Waals surface area contributed by atoms with E-state index in [2.05, 4.69) is 38.0 Å². The number of aliphatic hydroxyl groups is 2. The molecule has 0 bridgehead atoms. The van der Waals surface area contributed by atoms with Gasteiger partial charge in [-0.1, -0.05) is 102 Å². The Labute approximate surface area is 597 Å². The van der Waals surface area contributed by atoms with Crippen molar-refractivity contribution in [1.29, 1.82) is 0 Å². The van der Waals surface area contributed by atoms with E-state index in [0.717, 1.165) is 48.9 Å². The van der Waals surface area contributed by atoms with Crippen LogP contribution in [0, 0.1) is 35.5 Å². The van der Waals surface area contributed by atoms with Gasteiger partial charge in [0.2, 0.25) is 65.0 Å². The lowest BCUT2D eigenvalue weighted by molar-refractivity contribution is -0.157. The van der Waals surface area contributed by atoms with Crippen molar-refractivity contribution in [1.82, 2.24) is 65.4 Å². The quantitative estimate of drug-likeness (QED) is 0.0668. The van der Waals surface area contributed by atoms with E-state index in [1.807, 2.05) is 47.6 Å². The highest BCUT2D eigenvalue weighted by Gasteiger charge is 2.47. The van der Waals surface area contributed by atoms with E-state index in [-0.39, 0.29) is 62.0 Å². The SMILES string of the molecule is C/C=C/C[C@@H](C)[C@@H](O)[C@H]1C(=O)N[C@@H](CC)C(=O)N(C)[C@H](CSCCN2CCN(CCC)CC2)C(=O)N(C)[C@@H](CC(C)(C)O)C(=O)N[C@@H](C(C)C)C(=O)N(C)[C@@H](CC(C)C)C(=O)N[C@@H](C)C(=O)N[C@H](C)C(=O)N(C)[C@@H](CC(C)C)C(=O)N(C)[C@@H](CC(C)C)C(=O)N(C)[C@@H](C(C)C)C(=O)N1C. The molecule has 2 aliphatic rings. The summed E-state index contributed by atoms with van der Waals surface area (Å²) in [4.78, 5) is 178. The standard InChI is InChI=1S/C72H131N13O13S/c1-26-29-30-48(14)60(86)59-64(90)75-51(28-3)66(92)81(23)56(42-99-37-36-85-34-32-84(31-27-2)33-35-85)69(95)80(22)55(41-72(17,18)98)63(89)76-57(46(10)11)70(96)77(19)52(38-43(4)5)62(88)73-49(15)61(87)74-50(16)65(91)78(20)53(39-44(6)7)67(93)79(21)54(40-45(8)9)68(94)82(24)58(47(12)13)71(97)83(59)25/h26,29,43-60,86,98H,27-28,30-42H2,1-25H3,(H,73,88)(H,74,87)(H,75,90)(H,76,89)/b29-26+/t48-,49+,50-,51+,52+,53+,54+,55+,56-,57+,58+,59+,60-/m1/s1. The van der Waals surface area contributed by atoms with Crippen molar-refractivity contribution in [2.24, 2.45) is 35.5 Å². The summed E-state index contributed by atoms with van der Waals surface area (Å²) >= 11 is 1.43. The van der Waals surface area contributed by atoms with Gasteiger partial charge in [-0.05, 0) is 115 Å². The second kappa shape index (κ2) is 41.3. The maximum atomic E-state index is 15.5. The van der Waals surface area contributed by atoms with Crippen molar-refractivity contribution >= 4 is 76.7 Å². The molecular weight excluding hydrogens is 1290 g/mol. The number of nitrogens with one attached hydrogen (secondary N) is 4. The third kappa shape index (κ3) is 26.1. The van der Waals surface area contributed by atoms with Crippen molar-refractivity contribution in [3.05, 3.63) is 12.2 Å². The topological polar surface area (TPSA) is 306 Å². The number of piperazine rings is 1. The second-order valence-electron chi connectivity index (χ2n) is 30.5. The third-order valence-corrected chi connectivity index (χ3v) is 20.2. The summed E-state index contributed by atoms with van der Waals surface area (Å²) in [6.07, 6.45) is 3.43. The fraction of sp³-hybridized carbons (Fsp3) is 0.819. The molecule has 2 fully saturated rings. The average Bonchev–Trinajstić information content (AvgIpc) is 0.809. The summed E-state index contributed by atoms with van der Waals surface area (Å²) in [6.45, 7) is 36.4. The zero-order valence-electron chi connectivity index (χ0n) is 65.0. The number of thioether (sulfide) groups is 1. The molecule has 0 saturated carbocycles. The highest BCUT2D eigenvalue weighted by molar-refractivity contribution is 7.99. The van der Waals surface area contributed by atoms with Crippen molar-refractivity contribution in [3.8, 4) is 0 Å². The number of allylic oxidation sites excluding steroid dienone is 2. The van der Waals surface area contributed by atoms with Gasteiger partial charge in [-0.2, -0.15) is 11.8 Å². The summed E-state index contributed by atoms with van der Waals surface area (Å²) in [7, 11) is 9.94. The van der Waals surface area contributed by atoms with Crippen LogP contribution in [-0.2, 0) is 52.7 Å². The van der Waals surface area contributed by atoms with Crippen LogP contribution < -0.4 is 21.3 Å². The molecule has 568 valence electrons. The maximum absolute atomic E-state index is 15.5. The van der Waals surface area contributed by atoms with Gasteiger partial charge in [0, 0.05) is 100.0 Å². The number of carbonyl (C=O) groups excluding carboxylic acids is 11. The second-order valence-corrected chi connectivity index (χ2v) is 31.6. The Bertz CT molecular complexity index is 2700. The lowest BCUT2D eigenvalue weighted by Crippen LogP contribution is -2.64. The van der Waals surface area contributed by atoms with Crippen LogP contribution in [0.4, 0.5) is 0 Å². The van der Waals surface area contributed by atoms with E-state index in [0.29, 0.717) is 12.3 Å². The first-order valence-corrected chi connectivity index (χ1v) is 37.2. The minimum Gasteiger partial charge on any atom is -0.390 e. The number of rotatable bonds is 22. The highest BCUT2D eigenvalue weighted by Crippen LogP contribution is 2.27. The number of aliphatic hydroxyl groups excluding tert-OH is 1. The number of hydrogen-bond donors (Lipinski definition) is 6. The maximum Gasteiger partial charge on any atom is 0.246 e. The number of carbonyl (C=O) groups is 11.